The zero-order valence-corrected chi connectivity index (χ0v) is 17.1. The van der Waals surface area contributed by atoms with Crippen molar-refractivity contribution in [1.29, 1.82) is 0 Å². The van der Waals surface area contributed by atoms with Crippen molar-refractivity contribution in [1.82, 2.24) is 0 Å². The largest absolute Gasteiger partial charge is 0.294 e. The molecule has 0 spiro atoms. The molecule has 0 aliphatic carbocycles. The van der Waals surface area contributed by atoms with Crippen LogP contribution < -0.4 is 0 Å². The number of hydrogen-bond donors (Lipinski definition) is 1. The van der Waals surface area contributed by atoms with Crippen LogP contribution in [0, 0.1) is 0 Å². The van der Waals surface area contributed by atoms with E-state index in [4.69, 9.17) is 4.55 Å². The Hall–Kier alpha value is -0.870. The van der Waals surface area contributed by atoms with Crippen molar-refractivity contribution in [2.45, 2.75) is 102 Å². The molecule has 1 rings (SSSR count). The molecule has 1 N–H and O–H groups in total. The molecule has 0 heterocycles. The highest BCUT2D eigenvalue weighted by Crippen LogP contribution is 2.12. The molecule has 1 aromatic rings. The van der Waals surface area contributed by atoms with E-state index in [-0.39, 0.29) is 4.90 Å². The van der Waals surface area contributed by atoms with E-state index < -0.39 is 10.1 Å². The van der Waals surface area contributed by atoms with Crippen molar-refractivity contribution in [2.75, 3.05) is 0 Å². The van der Waals surface area contributed by atoms with Crippen molar-refractivity contribution >= 4 is 10.1 Å². The predicted octanol–water partition coefficient (Wildman–Crippen LogP) is 7.03. The van der Waals surface area contributed by atoms with Crippen molar-refractivity contribution in [3.05, 3.63) is 30.3 Å². The summed E-state index contributed by atoms with van der Waals surface area (Å²) >= 11 is 0. The van der Waals surface area contributed by atoms with Gasteiger partial charge in [0.2, 0.25) is 0 Å². The van der Waals surface area contributed by atoms with Crippen LogP contribution in [-0.4, -0.2) is 13.0 Å². The predicted molar refractivity (Wildman–Crippen MR) is 108 cm³/mol. The van der Waals surface area contributed by atoms with Crippen LogP contribution in [0.1, 0.15) is 97.3 Å². The number of rotatable bonds is 13. The lowest BCUT2D eigenvalue weighted by Crippen LogP contribution is -1.96. The van der Waals surface area contributed by atoms with E-state index in [0.717, 1.165) is 0 Å². The summed E-state index contributed by atoms with van der Waals surface area (Å²) in [5, 5.41) is 0. The Morgan fingerprint density at radius 3 is 1.20 bits per heavy atom. The third-order valence-corrected chi connectivity index (χ3v) is 5.12. The molecule has 0 fully saturated rings. The molecule has 25 heavy (non-hydrogen) atoms. The Bertz CT molecular complexity index is 471. The van der Waals surface area contributed by atoms with Crippen LogP contribution in [0.25, 0.3) is 0 Å². The lowest BCUT2D eigenvalue weighted by Gasteiger charge is -2.01. The first-order chi connectivity index (χ1) is 12.0. The maximum Gasteiger partial charge on any atom is 0.294 e. The molecular formula is C21H38O3S. The van der Waals surface area contributed by atoms with E-state index in [9.17, 15) is 8.42 Å². The van der Waals surface area contributed by atoms with E-state index in [0.29, 0.717) is 0 Å². The first kappa shape index (κ1) is 24.1. The highest BCUT2D eigenvalue weighted by Gasteiger charge is 2.05. The average molecular weight is 371 g/mol. The first-order valence-corrected chi connectivity index (χ1v) is 11.5. The second-order valence-electron chi connectivity index (χ2n) is 6.68. The normalized spacial score (nSPS) is 11.0. The minimum atomic E-state index is -4.00. The molecule has 146 valence electrons. The van der Waals surface area contributed by atoms with Gasteiger partial charge in [0.1, 0.15) is 0 Å². The fourth-order valence-electron chi connectivity index (χ4n) is 2.68. The lowest BCUT2D eigenvalue weighted by atomic mass is 10.1. The minimum absolute atomic E-state index is 0.0741. The summed E-state index contributed by atoms with van der Waals surface area (Å²) in [5.41, 5.74) is 0. The van der Waals surface area contributed by atoms with E-state index in [1.165, 1.54) is 95.6 Å². The lowest BCUT2D eigenvalue weighted by molar-refractivity contribution is 0.483. The average Bonchev–Trinajstić information content (AvgIpc) is 2.60. The quantitative estimate of drug-likeness (QED) is 0.299. The Balaban J connectivity index is 0.000000496. The van der Waals surface area contributed by atoms with E-state index in [2.05, 4.69) is 13.8 Å². The topological polar surface area (TPSA) is 54.4 Å². The molecule has 4 heteroatoms. The van der Waals surface area contributed by atoms with Crippen LogP contribution in [-0.2, 0) is 10.1 Å². The third kappa shape index (κ3) is 16.4. The minimum Gasteiger partial charge on any atom is -0.282 e. The van der Waals surface area contributed by atoms with Crippen LogP contribution in [0.15, 0.2) is 35.2 Å². The summed E-state index contributed by atoms with van der Waals surface area (Å²) in [6, 6.07) is 7.42. The molecule has 0 bridgehead atoms. The smallest absolute Gasteiger partial charge is 0.282 e. The highest BCUT2D eigenvalue weighted by molar-refractivity contribution is 7.85. The molecule has 0 atom stereocenters. The second-order valence-corrected chi connectivity index (χ2v) is 8.10. The van der Waals surface area contributed by atoms with E-state index >= 15 is 0 Å². The number of hydrogen-bond acceptors (Lipinski definition) is 2. The Morgan fingerprint density at radius 1 is 0.640 bits per heavy atom. The summed E-state index contributed by atoms with van der Waals surface area (Å²) in [6.45, 7) is 4.58. The van der Waals surface area contributed by atoms with Gasteiger partial charge in [0.15, 0.2) is 0 Å². The van der Waals surface area contributed by atoms with Gasteiger partial charge in [-0.25, -0.2) is 0 Å². The van der Waals surface area contributed by atoms with Gasteiger partial charge in [0.05, 0.1) is 4.90 Å². The Labute approximate surface area is 156 Å². The standard InChI is InChI=1S/C15H32.C6H6O3S/c1-3-5-7-9-11-13-15-14-12-10-8-6-4-2;7-10(8,9)6-4-2-1-3-5-6/h3-15H2,1-2H3;1-5H,(H,7,8,9). The molecule has 0 saturated heterocycles. The molecule has 0 unspecified atom stereocenters. The van der Waals surface area contributed by atoms with Crippen LogP contribution >= 0.6 is 0 Å². The van der Waals surface area contributed by atoms with Crippen LogP contribution in [0.5, 0.6) is 0 Å². The molecule has 3 nitrogen and oxygen atoms in total. The molecule has 0 amide bonds. The van der Waals surface area contributed by atoms with Gasteiger partial charge in [-0.3, -0.25) is 4.55 Å². The molecular weight excluding hydrogens is 332 g/mol. The first-order valence-electron chi connectivity index (χ1n) is 10.0. The fraction of sp³-hybridized carbons (Fsp3) is 0.714. The van der Waals surface area contributed by atoms with E-state index in [1.807, 2.05) is 0 Å². The molecule has 0 radical (unpaired) electrons. The van der Waals surface area contributed by atoms with Gasteiger partial charge in [0.25, 0.3) is 10.1 Å². The van der Waals surface area contributed by atoms with Crippen LogP contribution in [0.2, 0.25) is 0 Å². The van der Waals surface area contributed by atoms with Gasteiger partial charge in [-0.2, -0.15) is 8.42 Å². The molecule has 0 aromatic heterocycles. The van der Waals surface area contributed by atoms with Gasteiger partial charge in [-0.15, -0.1) is 0 Å². The fourth-order valence-corrected chi connectivity index (χ4v) is 3.18. The van der Waals surface area contributed by atoms with Crippen LogP contribution in [0.4, 0.5) is 0 Å². The number of benzene rings is 1. The SMILES string of the molecule is CCCCCCCCCCCCCCC.O=S(=O)(O)c1ccccc1. The molecule has 0 aliphatic rings. The van der Waals surface area contributed by atoms with Crippen molar-refractivity contribution in [3.8, 4) is 0 Å². The second kappa shape index (κ2) is 16.6. The van der Waals surface area contributed by atoms with Gasteiger partial charge in [0, 0.05) is 0 Å². The third-order valence-electron chi connectivity index (χ3n) is 4.25. The van der Waals surface area contributed by atoms with Gasteiger partial charge >= 0.3 is 0 Å². The summed E-state index contributed by atoms with van der Waals surface area (Å²) in [6.07, 6.45) is 18.9. The monoisotopic (exact) mass is 370 g/mol. The van der Waals surface area contributed by atoms with Gasteiger partial charge in [-0.05, 0) is 12.1 Å². The van der Waals surface area contributed by atoms with E-state index in [1.54, 1.807) is 18.2 Å². The summed E-state index contributed by atoms with van der Waals surface area (Å²) in [5.74, 6) is 0. The zero-order chi connectivity index (χ0) is 18.8. The zero-order valence-electron chi connectivity index (χ0n) is 16.3. The van der Waals surface area contributed by atoms with Crippen molar-refractivity contribution < 1.29 is 13.0 Å². The van der Waals surface area contributed by atoms with Gasteiger partial charge in [-0.1, -0.05) is 116 Å². The van der Waals surface area contributed by atoms with Crippen molar-refractivity contribution in [2.24, 2.45) is 0 Å². The Morgan fingerprint density at radius 2 is 0.960 bits per heavy atom. The van der Waals surface area contributed by atoms with Crippen LogP contribution in [0.3, 0.4) is 0 Å². The maximum absolute atomic E-state index is 10.4. The highest BCUT2D eigenvalue weighted by atomic mass is 32.2. The summed E-state index contributed by atoms with van der Waals surface area (Å²) < 4.78 is 29.2. The molecule has 0 aliphatic heterocycles. The molecule has 0 saturated carbocycles. The maximum atomic E-state index is 10.4. The van der Waals surface area contributed by atoms with Crippen molar-refractivity contribution in [3.63, 3.8) is 0 Å². The summed E-state index contributed by atoms with van der Waals surface area (Å²) in [4.78, 5) is -0.0741. The number of unbranched alkanes of at least 4 members (excludes halogenated alkanes) is 12. The Kier molecular flexibility index (Phi) is 16.0. The van der Waals surface area contributed by atoms with Gasteiger partial charge < -0.3 is 0 Å². The molecule has 1 aromatic carbocycles. The summed E-state index contributed by atoms with van der Waals surface area (Å²) in [7, 11) is -4.00.